The molecule has 0 spiro atoms. The largest absolute Gasteiger partial charge is 0.496 e. The summed E-state index contributed by atoms with van der Waals surface area (Å²) in [4.78, 5) is 14.7. The van der Waals surface area contributed by atoms with Crippen LogP contribution in [0.5, 0.6) is 5.75 Å². The zero-order valence-corrected chi connectivity index (χ0v) is 13.0. The van der Waals surface area contributed by atoms with Gasteiger partial charge in [0, 0.05) is 25.0 Å². The maximum atomic E-state index is 12.8. The maximum absolute atomic E-state index is 12.8. The minimum absolute atomic E-state index is 0.0105. The van der Waals surface area contributed by atoms with Crippen LogP contribution >= 0.6 is 0 Å². The van der Waals surface area contributed by atoms with Gasteiger partial charge in [-0.05, 0) is 38.1 Å². The van der Waals surface area contributed by atoms with E-state index in [1.54, 1.807) is 7.11 Å². The molecule has 0 aliphatic rings. The third kappa shape index (κ3) is 3.27. The first kappa shape index (κ1) is 15.2. The van der Waals surface area contributed by atoms with Crippen LogP contribution in [0.25, 0.3) is 0 Å². The third-order valence-electron chi connectivity index (χ3n) is 3.61. The summed E-state index contributed by atoms with van der Waals surface area (Å²) in [6.07, 6.45) is 1.99. The summed E-state index contributed by atoms with van der Waals surface area (Å²) >= 11 is 0. The highest BCUT2D eigenvalue weighted by atomic mass is 16.5. The van der Waals surface area contributed by atoms with Crippen LogP contribution in [0, 0.1) is 0 Å². The van der Waals surface area contributed by atoms with Crippen molar-refractivity contribution in [3.8, 4) is 5.75 Å². The number of benzene rings is 1. The molecule has 1 aromatic heterocycles. The summed E-state index contributed by atoms with van der Waals surface area (Å²) in [5.41, 5.74) is 1.70. The van der Waals surface area contributed by atoms with Gasteiger partial charge in [0.05, 0.1) is 19.2 Å². The molecule has 2 aromatic rings. The van der Waals surface area contributed by atoms with Gasteiger partial charge < -0.3 is 14.2 Å². The van der Waals surface area contributed by atoms with E-state index in [2.05, 4.69) is 0 Å². The smallest absolute Gasteiger partial charge is 0.258 e. The molecule has 1 amide bonds. The summed E-state index contributed by atoms with van der Waals surface area (Å²) in [6, 6.07) is 11.5. The van der Waals surface area contributed by atoms with Crippen LogP contribution in [-0.2, 0) is 13.6 Å². The summed E-state index contributed by atoms with van der Waals surface area (Å²) in [5.74, 6) is 0.601. The molecule has 0 aliphatic heterocycles. The van der Waals surface area contributed by atoms with Crippen molar-refractivity contribution in [1.82, 2.24) is 9.47 Å². The Balaban J connectivity index is 2.30. The molecule has 4 nitrogen and oxygen atoms in total. The molecule has 1 heterocycles. The van der Waals surface area contributed by atoms with E-state index in [9.17, 15) is 4.79 Å². The second kappa shape index (κ2) is 6.48. The van der Waals surface area contributed by atoms with E-state index in [-0.39, 0.29) is 11.9 Å². The molecule has 2 rings (SSSR count). The molecule has 0 aliphatic carbocycles. The number of carbonyl (C=O) groups excluding carboxylic acids is 1. The number of aromatic nitrogens is 1. The van der Waals surface area contributed by atoms with Crippen molar-refractivity contribution in [2.75, 3.05) is 7.11 Å². The first-order valence-electron chi connectivity index (χ1n) is 7.08. The minimum Gasteiger partial charge on any atom is -0.496 e. The summed E-state index contributed by atoms with van der Waals surface area (Å²) in [7, 11) is 3.57. The molecular formula is C17H22N2O2. The Hall–Kier alpha value is -2.23. The van der Waals surface area contributed by atoms with E-state index in [0.717, 1.165) is 5.69 Å². The van der Waals surface area contributed by atoms with Crippen LogP contribution in [0.4, 0.5) is 0 Å². The molecule has 4 heteroatoms. The third-order valence-corrected chi connectivity index (χ3v) is 3.61. The number of hydrogen-bond acceptors (Lipinski definition) is 2. The number of carbonyl (C=O) groups is 1. The lowest BCUT2D eigenvalue weighted by atomic mass is 10.1. The quantitative estimate of drug-likeness (QED) is 0.846. The minimum atomic E-state index is -0.0105. The van der Waals surface area contributed by atoms with Crippen molar-refractivity contribution in [2.45, 2.75) is 26.4 Å². The number of hydrogen-bond donors (Lipinski definition) is 0. The van der Waals surface area contributed by atoms with Gasteiger partial charge in [0.1, 0.15) is 5.75 Å². The number of rotatable bonds is 5. The maximum Gasteiger partial charge on any atom is 0.258 e. The average Bonchev–Trinajstić information content (AvgIpc) is 2.89. The molecule has 0 radical (unpaired) electrons. The van der Waals surface area contributed by atoms with Crippen molar-refractivity contribution in [3.05, 3.63) is 53.9 Å². The molecule has 112 valence electrons. The molecule has 0 atom stereocenters. The van der Waals surface area contributed by atoms with E-state index >= 15 is 0 Å². The van der Waals surface area contributed by atoms with Crippen LogP contribution < -0.4 is 4.74 Å². The van der Waals surface area contributed by atoms with Crippen molar-refractivity contribution < 1.29 is 9.53 Å². The SMILES string of the molecule is COc1ccccc1C(=O)N(Cc1cccn1C)C(C)C. The summed E-state index contributed by atoms with van der Waals surface area (Å²) in [5, 5.41) is 0. The highest BCUT2D eigenvalue weighted by Gasteiger charge is 2.22. The summed E-state index contributed by atoms with van der Waals surface area (Å²) in [6.45, 7) is 4.63. The van der Waals surface area contributed by atoms with Gasteiger partial charge in [0.25, 0.3) is 5.91 Å². The van der Waals surface area contributed by atoms with Crippen molar-refractivity contribution in [3.63, 3.8) is 0 Å². The number of para-hydroxylation sites is 1. The number of ether oxygens (including phenoxy) is 1. The van der Waals surface area contributed by atoms with Crippen molar-refractivity contribution in [1.29, 1.82) is 0 Å². The zero-order valence-electron chi connectivity index (χ0n) is 13.0. The van der Waals surface area contributed by atoms with Gasteiger partial charge in [-0.1, -0.05) is 12.1 Å². The number of amides is 1. The standard InChI is InChI=1S/C17H22N2O2/c1-13(2)19(12-14-8-7-11-18(14)3)17(20)15-9-5-6-10-16(15)21-4/h5-11,13H,12H2,1-4H3. The van der Waals surface area contributed by atoms with Crippen molar-refractivity contribution >= 4 is 5.91 Å². The average molecular weight is 286 g/mol. The van der Waals surface area contributed by atoms with Gasteiger partial charge in [-0.25, -0.2) is 0 Å². The Morgan fingerprint density at radius 1 is 1.24 bits per heavy atom. The van der Waals surface area contributed by atoms with Crippen LogP contribution in [0.3, 0.4) is 0 Å². The van der Waals surface area contributed by atoms with E-state index in [1.807, 2.05) is 73.0 Å². The lowest BCUT2D eigenvalue weighted by Crippen LogP contribution is -2.37. The molecule has 21 heavy (non-hydrogen) atoms. The van der Waals surface area contributed by atoms with Gasteiger partial charge in [0.2, 0.25) is 0 Å². The number of nitrogens with zero attached hydrogens (tertiary/aromatic N) is 2. The predicted octanol–water partition coefficient (Wildman–Crippen LogP) is 3.08. The molecule has 0 unspecified atom stereocenters. The first-order valence-corrected chi connectivity index (χ1v) is 7.08. The van der Waals surface area contributed by atoms with Gasteiger partial charge >= 0.3 is 0 Å². The molecule has 0 saturated carbocycles. The van der Waals surface area contributed by atoms with Gasteiger partial charge in [0.15, 0.2) is 0 Å². The Bertz CT molecular complexity index is 617. The van der Waals surface area contributed by atoms with Crippen LogP contribution in [0.1, 0.15) is 29.9 Å². The normalized spacial score (nSPS) is 10.7. The molecule has 0 fully saturated rings. The number of methoxy groups -OCH3 is 1. The fourth-order valence-corrected chi connectivity index (χ4v) is 2.30. The Kier molecular flexibility index (Phi) is 4.68. The van der Waals surface area contributed by atoms with Crippen LogP contribution in [0.15, 0.2) is 42.6 Å². The topological polar surface area (TPSA) is 34.5 Å². The molecule has 0 bridgehead atoms. The van der Waals surface area contributed by atoms with Crippen LogP contribution in [0.2, 0.25) is 0 Å². The van der Waals surface area contributed by atoms with Gasteiger partial charge in [-0.3, -0.25) is 4.79 Å². The zero-order chi connectivity index (χ0) is 15.4. The number of aryl methyl sites for hydroxylation is 1. The first-order chi connectivity index (χ1) is 10.0. The van der Waals surface area contributed by atoms with E-state index < -0.39 is 0 Å². The Morgan fingerprint density at radius 2 is 1.95 bits per heavy atom. The van der Waals surface area contributed by atoms with Crippen molar-refractivity contribution in [2.24, 2.45) is 7.05 Å². The van der Waals surface area contributed by atoms with E-state index in [1.165, 1.54) is 0 Å². The van der Waals surface area contributed by atoms with Gasteiger partial charge in [-0.15, -0.1) is 0 Å². The van der Waals surface area contributed by atoms with E-state index in [0.29, 0.717) is 17.9 Å². The lowest BCUT2D eigenvalue weighted by Gasteiger charge is -2.27. The fourth-order valence-electron chi connectivity index (χ4n) is 2.30. The molecule has 1 aromatic carbocycles. The Morgan fingerprint density at radius 3 is 2.52 bits per heavy atom. The van der Waals surface area contributed by atoms with Crippen LogP contribution in [-0.4, -0.2) is 28.5 Å². The second-order valence-electron chi connectivity index (χ2n) is 5.34. The van der Waals surface area contributed by atoms with E-state index in [4.69, 9.17) is 4.74 Å². The highest BCUT2D eigenvalue weighted by molar-refractivity contribution is 5.97. The molecular weight excluding hydrogens is 264 g/mol. The highest BCUT2D eigenvalue weighted by Crippen LogP contribution is 2.21. The summed E-state index contributed by atoms with van der Waals surface area (Å²) < 4.78 is 7.34. The lowest BCUT2D eigenvalue weighted by molar-refractivity contribution is 0.0683. The Labute approximate surface area is 125 Å². The second-order valence-corrected chi connectivity index (χ2v) is 5.34. The van der Waals surface area contributed by atoms with Gasteiger partial charge in [-0.2, -0.15) is 0 Å². The predicted molar refractivity (Wildman–Crippen MR) is 83.4 cm³/mol. The monoisotopic (exact) mass is 286 g/mol. The fraction of sp³-hybridized carbons (Fsp3) is 0.353. The molecule has 0 saturated heterocycles. The molecule has 0 N–H and O–H groups in total.